The molecule has 2 heterocycles. The number of halogens is 1. The summed E-state index contributed by atoms with van der Waals surface area (Å²) in [5, 5.41) is 9.77. The van der Waals surface area contributed by atoms with Gasteiger partial charge in [-0.1, -0.05) is 123 Å². The highest BCUT2D eigenvalue weighted by molar-refractivity contribution is 5.94. The second-order valence-electron chi connectivity index (χ2n) is 10.9. The molecule has 0 saturated carbocycles. The van der Waals surface area contributed by atoms with Crippen molar-refractivity contribution in [3.63, 3.8) is 0 Å². The molecule has 5 heteroatoms. The lowest BCUT2D eigenvalue weighted by molar-refractivity contribution is 0.610. The van der Waals surface area contributed by atoms with Crippen LogP contribution in [-0.4, -0.2) is 23.1 Å². The summed E-state index contributed by atoms with van der Waals surface area (Å²) in [6.07, 6.45) is 7.35. The Morgan fingerprint density at radius 1 is 0.419 bits per heavy atom. The van der Waals surface area contributed by atoms with Gasteiger partial charge >= 0.3 is 0 Å². The maximum atomic E-state index is 4.90. The van der Waals surface area contributed by atoms with E-state index in [4.69, 9.17) is 9.97 Å². The highest BCUT2D eigenvalue weighted by Crippen LogP contribution is 2.29. The van der Waals surface area contributed by atoms with Crippen molar-refractivity contribution in [1.82, 2.24) is 9.97 Å². The Morgan fingerprint density at radius 2 is 0.791 bits per heavy atom. The van der Waals surface area contributed by atoms with Gasteiger partial charge in [0, 0.05) is 46.4 Å². The zero-order valence-electron chi connectivity index (χ0n) is 24.5. The average Bonchev–Trinajstić information content (AvgIpc) is 3.06. The zero-order chi connectivity index (χ0) is 28.4. The normalized spacial score (nSPS) is 10.9. The summed E-state index contributed by atoms with van der Waals surface area (Å²) in [7, 11) is 0. The van der Waals surface area contributed by atoms with E-state index in [2.05, 4.69) is 120 Å². The summed E-state index contributed by atoms with van der Waals surface area (Å²) in [4.78, 5) is 9.81. The molecule has 0 aliphatic heterocycles. The summed E-state index contributed by atoms with van der Waals surface area (Å²) in [5.74, 6) is 0. The molecule has 0 amide bonds. The minimum atomic E-state index is 0. The third-order valence-corrected chi connectivity index (χ3v) is 7.81. The van der Waals surface area contributed by atoms with Crippen LogP contribution in [0.1, 0.15) is 38.5 Å². The number of unbranched alkanes of at least 4 members (excludes halogenated alkanes) is 5. The smallest absolute Gasteiger partial charge is 0.0730 e. The van der Waals surface area contributed by atoms with Crippen LogP contribution in [-0.2, 0) is 0 Å². The van der Waals surface area contributed by atoms with E-state index < -0.39 is 0 Å². The third kappa shape index (κ3) is 7.71. The monoisotopic (exact) mass is 586 g/mol. The van der Waals surface area contributed by atoms with Gasteiger partial charge < -0.3 is 10.6 Å². The molecule has 0 aliphatic carbocycles. The van der Waals surface area contributed by atoms with Crippen LogP contribution in [0, 0.1) is 0 Å². The van der Waals surface area contributed by atoms with Gasteiger partial charge in [0.05, 0.1) is 22.4 Å². The minimum Gasteiger partial charge on any atom is -0.384 e. The summed E-state index contributed by atoms with van der Waals surface area (Å²) in [6, 6.07) is 42.1. The van der Waals surface area contributed by atoms with Crippen LogP contribution in [0.4, 0.5) is 11.4 Å². The fourth-order valence-corrected chi connectivity index (χ4v) is 5.56. The first-order valence-corrected chi connectivity index (χ1v) is 15.2. The highest BCUT2D eigenvalue weighted by Gasteiger charge is 2.08. The number of aromatic nitrogens is 2. The van der Waals surface area contributed by atoms with E-state index in [9.17, 15) is 0 Å². The largest absolute Gasteiger partial charge is 0.384 e. The van der Waals surface area contributed by atoms with E-state index in [0.717, 1.165) is 46.6 Å². The Morgan fingerprint density at radius 3 is 1.23 bits per heavy atom. The van der Waals surface area contributed by atoms with Crippen molar-refractivity contribution in [2.75, 3.05) is 23.7 Å². The molecule has 2 N–H and O–H groups in total. The summed E-state index contributed by atoms with van der Waals surface area (Å²) in [6.45, 7) is 1.95. The zero-order valence-corrected chi connectivity index (χ0v) is 25.3. The van der Waals surface area contributed by atoms with E-state index in [1.165, 1.54) is 60.7 Å². The van der Waals surface area contributed by atoms with Crippen LogP contribution in [0.5, 0.6) is 0 Å². The van der Waals surface area contributed by atoms with Crippen LogP contribution in [0.15, 0.2) is 121 Å². The average molecular weight is 587 g/mol. The molecule has 0 aliphatic rings. The first-order valence-electron chi connectivity index (χ1n) is 15.2. The maximum Gasteiger partial charge on any atom is 0.0730 e. The Bertz CT molecular complexity index is 1610. The van der Waals surface area contributed by atoms with Crippen molar-refractivity contribution in [3.8, 4) is 22.5 Å². The standard InChI is InChI=1S/C38H38N4.ClH/c1(3-15-25-39-37-27-35(29-17-7-5-8-18-29)41-33-23-13-11-21-31(33)37)2-4-16-26-40-38-28-36(30-19-9-6-10-20-30)42-34-24-14-12-22-32(34)38;/h5-14,17-24,27-28H,1-4,15-16,25-26H2,(H,39,41)(H,40,42);1H. The van der Waals surface area contributed by atoms with Gasteiger partial charge in [0.25, 0.3) is 0 Å². The molecule has 0 radical (unpaired) electrons. The topological polar surface area (TPSA) is 49.8 Å². The molecule has 6 aromatic rings. The van der Waals surface area contributed by atoms with E-state index in [0.29, 0.717) is 0 Å². The second-order valence-corrected chi connectivity index (χ2v) is 10.9. The third-order valence-electron chi connectivity index (χ3n) is 7.81. The lowest BCUT2D eigenvalue weighted by Gasteiger charge is -2.13. The van der Waals surface area contributed by atoms with Gasteiger partial charge in [0.2, 0.25) is 0 Å². The number of para-hydroxylation sites is 2. The van der Waals surface area contributed by atoms with Gasteiger partial charge in [0.15, 0.2) is 0 Å². The van der Waals surface area contributed by atoms with E-state index >= 15 is 0 Å². The van der Waals surface area contributed by atoms with Crippen molar-refractivity contribution in [1.29, 1.82) is 0 Å². The van der Waals surface area contributed by atoms with Crippen molar-refractivity contribution in [3.05, 3.63) is 121 Å². The molecule has 0 unspecified atom stereocenters. The van der Waals surface area contributed by atoms with Gasteiger partial charge in [-0.3, -0.25) is 0 Å². The van der Waals surface area contributed by atoms with Crippen LogP contribution in [0.2, 0.25) is 0 Å². The molecule has 0 atom stereocenters. The minimum absolute atomic E-state index is 0. The lowest BCUT2D eigenvalue weighted by atomic mass is 10.1. The Labute approximate surface area is 261 Å². The molecule has 6 rings (SSSR count). The number of rotatable bonds is 13. The Kier molecular flexibility index (Phi) is 10.6. The number of hydrogen-bond donors (Lipinski definition) is 2. The maximum absolute atomic E-state index is 4.90. The summed E-state index contributed by atoms with van der Waals surface area (Å²) < 4.78 is 0. The number of fused-ring (bicyclic) bond motifs is 2. The fourth-order valence-electron chi connectivity index (χ4n) is 5.56. The van der Waals surface area contributed by atoms with Gasteiger partial charge in [-0.2, -0.15) is 0 Å². The van der Waals surface area contributed by atoms with Crippen LogP contribution in [0.3, 0.4) is 0 Å². The molecule has 0 spiro atoms. The first-order chi connectivity index (χ1) is 20.8. The lowest BCUT2D eigenvalue weighted by Crippen LogP contribution is -2.04. The van der Waals surface area contributed by atoms with E-state index in [-0.39, 0.29) is 12.4 Å². The van der Waals surface area contributed by atoms with Gasteiger partial charge in [-0.05, 0) is 37.1 Å². The molecule has 0 fully saturated rings. The fraction of sp³-hybridized carbons (Fsp3) is 0.211. The molecule has 4 nitrogen and oxygen atoms in total. The van der Waals surface area contributed by atoms with Gasteiger partial charge in [0.1, 0.15) is 0 Å². The summed E-state index contributed by atoms with van der Waals surface area (Å²) in [5.41, 5.74) is 8.73. The van der Waals surface area contributed by atoms with Gasteiger partial charge in [-0.15, -0.1) is 12.4 Å². The number of nitrogens with one attached hydrogen (secondary N) is 2. The number of anilines is 2. The molecule has 43 heavy (non-hydrogen) atoms. The molecule has 0 saturated heterocycles. The predicted molar refractivity (Wildman–Crippen MR) is 186 cm³/mol. The summed E-state index contributed by atoms with van der Waals surface area (Å²) >= 11 is 0. The number of hydrogen-bond acceptors (Lipinski definition) is 4. The van der Waals surface area contributed by atoms with Crippen molar-refractivity contribution >= 4 is 45.6 Å². The predicted octanol–water partition coefficient (Wildman–Crippen LogP) is 10.4. The van der Waals surface area contributed by atoms with Crippen LogP contribution >= 0.6 is 12.4 Å². The molecule has 2 aromatic heterocycles. The van der Waals surface area contributed by atoms with Crippen LogP contribution < -0.4 is 10.6 Å². The second kappa shape index (κ2) is 15.2. The SMILES string of the molecule is Cl.c1ccc(-c2cc(NCCCCCCCCNc3cc(-c4ccccc4)nc4ccccc34)c3ccccc3n2)cc1. The molecule has 4 aromatic carbocycles. The first kappa shape index (κ1) is 30.1. The molecular formula is C38H39ClN4. The van der Waals surface area contributed by atoms with Gasteiger partial charge in [-0.25, -0.2) is 9.97 Å². The quantitative estimate of drug-likeness (QED) is 0.132. The number of pyridine rings is 2. The Hall–Kier alpha value is -4.41. The number of benzene rings is 4. The van der Waals surface area contributed by atoms with Crippen molar-refractivity contribution < 1.29 is 0 Å². The molecule has 0 bridgehead atoms. The highest BCUT2D eigenvalue weighted by atomic mass is 35.5. The Balaban J connectivity index is 0.00000368. The molecule has 218 valence electrons. The van der Waals surface area contributed by atoms with E-state index in [1.54, 1.807) is 0 Å². The van der Waals surface area contributed by atoms with Crippen LogP contribution in [0.25, 0.3) is 44.3 Å². The number of nitrogens with zero attached hydrogens (tertiary/aromatic N) is 2. The molecular weight excluding hydrogens is 548 g/mol. The van der Waals surface area contributed by atoms with Crippen molar-refractivity contribution in [2.24, 2.45) is 0 Å². The van der Waals surface area contributed by atoms with E-state index in [1.807, 2.05) is 12.1 Å². The van der Waals surface area contributed by atoms with Crippen molar-refractivity contribution in [2.45, 2.75) is 38.5 Å².